The van der Waals surface area contributed by atoms with Crippen LogP contribution in [0.25, 0.3) is 5.76 Å². The van der Waals surface area contributed by atoms with E-state index in [0.717, 1.165) is 12.0 Å². The summed E-state index contributed by atoms with van der Waals surface area (Å²) < 4.78 is 16.3. The summed E-state index contributed by atoms with van der Waals surface area (Å²) in [6.07, 6.45) is 0.876. The lowest BCUT2D eigenvalue weighted by Gasteiger charge is -2.26. The molecule has 1 unspecified atom stereocenters. The molecule has 1 saturated heterocycles. The molecule has 1 fully saturated rings. The standard InChI is InChI=1S/C29H29NO6/c1-5-16-36-23-11-6-19(7-12-23)26-25(27(31)20-8-15-24(35-4)18(2)17-20)28(32)29(33)30(26)21-9-13-22(34-3)14-10-21/h6-15,17,26,31H,5,16H2,1-4H3/b27-25-. The third-order valence-electron chi connectivity index (χ3n) is 6.13. The van der Waals surface area contributed by atoms with Crippen molar-refractivity contribution in [1.29, 1.82) is 0 Å². The summed E-state index contributed by atoms with van der Waals surface area (Å²) in [7, 11) is 3.12. The molecule has 4 rings (SSSR count). The van der Waals surface area contributed by atoms with Gasteiger partial charge in [0.05, 0.1) is 32.4 Å². The molecule has 1 N–H and O–H groups in total. The predicted octanol–water partition coefficient (Wildman–Crippen LogP) is 5.43. The number of carbonyl (C=O) groups is 2. The molecule has 0 aliphatic carbocycles. The van der Waals surface area contributed by atoms with E-state index in [4.69, 9.17) is 14.2 Å². The molecule has 1 aliphatic heterocycles. The molecule has 1 amide bonds. The van der Waals surface area contributed by atoms with Gasteiger partial charge in [-0.15, -0.1) is 0 Å². The van der Waals surface area contributed by atoms with Crippen molar-refractivity contribution in [3.63, 3.8) is 0 Å². The quantitative estimate of drug-likeness (QED) is 0.259. The van der Waals surface area contributed by atoms with E-state index in [9.17, 15) is 14.7 Å². The van der Waals surface area contributed by atoms with Crippen LogP contribution in [0, 0.1) is 6.92 Å². The zero-order valence-corrected chi connectivity index (χ0v) is 20.8. The Balaban J connectivity index is 1.86. The van der Waals surface area contributed by atoms with Gasteiger partial charge >= 0.3 is 0 Å². The number of anilines is 1. The van der Waals surface area contributed by atoms with Crippen LogP contribution < -0.4 is 19.1 Å². The number of hydrogen-bond donors (Lipinski definition) is 1. The van der Waals surface area contributed by atoms with Crippen molar-refractivity contribution >= 4 is 23.1 Å². The normalized spacial score (nSPS) is 16.8. The molecule has 0 radical (unpaired) electrons. The summed E-state index contributed by atoms with van der Waals surface area (Å²) in [5.74, 6) is 0.248. The largest absolute Gasteiger partial charge is 0.507 e. The molecular formula is C29H29NO6. The Hall–Kier alpha value is -4.26. The molecule has 186 valence electrons. The minimum absolute atomic E-state index is 0.0163. The van der Waals surface area contributed by atoms with Crippen molar-refractivity contribution < 1.29 is 28.9 Å². The highest BCUT2D eigenvalue weighted by atomic mass is 16.5. The van der Waals surface area contributed by atoms with Crippen molar-refractivity contribution in [2.45, 2.75) is 26.3 Å². The minimum atomic E-state index is -0.832. The first kappa shape index (κ1) is 24.9. The Kier molecular flexibility index (Phi) is 7.29. The first-order chi connectivity index (χ1) is 17.4. The molecule has 1 heterocycles. The van der Waals surface area contributed by atoms with E-state index in [2.05, 4.69) is 0 Å². The minimum Gasteiger partial charge on any atom is -0.507 e. The van der Waals surface area contributed by atoms with Gasteiger partial charge in [-0.2, -0.15) is 0 Å². The maximum Gasteiger partial charge on any atom is 0.300 e. The Morgan fingerprint density at radius 3 is 2.17 bits per heavy atom. The second kappa shape index (κ2) is 10.6. The third-order valence-corrected chi connectivity index (χ3v) is 6.13. The van der Waals surface area contributed by atoms with Gasteiger partial charge in [-0.3, -0.25) is 14.5 Å². The van der Waals surface area contributed by atoms with E-state index >= 15 is 0 Å². The second-order valence-electron chi connectivity index (χ2n) is 8.47. The van der Waals surface area contributed by atoms with Gasteiger partial charge in [0.25, 0.3) is 11.7 Å². The number of rotatable bonds is 8. The summed E-state index contributed by atoms with van der Waals surface area (Å²) in [6.45, 7) is 4.45. The highest BCUT2D eigenvalue weighted by molar-refractivity contribution is 6.51. The van der Waals surface area contributed by atoms with E-state index < -0.39 is 17.7 Å². The van der Waals surface area contributed by atoms with Crippen LogP contribution in [-0.4, -0.2) is 37.6 Å². The fourth-order valence-electron chi connectivity index (χ4n) is 4.30. The average Bonchev–Trinajstić information content (AvgIpc) is 3.17. The Bertz CT molecular complexity index is 1290. The highest BCUT2D eigenvalue weighted by Crippen LogP contribution is 2.43. The van der Waals surface area contributed by atoms with Gasteiger partial charge in [0.1, 0.15) is 23.0 Å². The smallest absolute Gasteiger partial charge is 0.300 e. The van der Waals surface area contributed by atoms with Crippen LogP contribution in [0.1, 0.15) is 36.1 Å². The molecule has 0 bridgehead atoms. The first-order valence-electron chi connectivity index (χ1n) is 11.7. The SMILES string of the molecule is CCCOc1ccc(C2/C(=C(/O)c3ccc(OC)c(C)c3)C(=O)C(=O)N2c2ccc(OC)cc2)cc1. The molecule has 3 aromatic rings. The number of ketones is 1. The lowest BCUT2D eigenvalue weighted by atomic mass is 9.94. The number of Topliss-reactive ketones (excluding diaryl/α,β-unsaturated/α-hetero) is 1. The fraction of sp³-hybridized carbons (Fsp3) is 0.241. The molecule has 0 saturated carbocycles. The molecule has 7 heteroatoms. The van der Waals surface area contributed by atoms with E-state index in [1.54, 1.807) is 68.8 Å². The van der Waals surface area contributed by atoms with Crippen LogP contribution in [0.4, 0.5) is 5.69 Å². The Morgan fingerprint density at radius 1 is 0.917 bits per heavy atom. The summed E-state index contributed by atoms with van der Waals surface area (Å²) >= 11 is 0. The molecule has 36 heavy (non-hydrogen) atoms. The van der Waals surface area contributed by atoms with E-state index in [1.807, 2.05) is 26.0 Å². The Morgan fingerprint density at radius 2 is 1.58 bits per heavy atom. The van der Waals surface area contributed by atoms with Crippen LogP contribution in [-0.2, 0) is 9.59 Å². The molecule has 1 aliphatic rings. The number of hydrogen-bond acceptors (Lipinski definition) is 6. The summed E-state index contributed by atoms with van der Waals surface area (Å²) in [5, 5.41) is 11.3. The Labute approximate surface area is 210 Å². The first-order valence-corrected chi connectivity index (χ1v) is 11.7. The summed E-state index contributed by atoms with van der Waals surface area (Å²) in [6, 6.07) is 18.4. The maximum atomic E-state index is 13.3. The number of benzene rings is 3. The van der Waals surface area contributed by atoms with Crippen LogP contribution in [0.15, 0.2) is 72.3 Å². The lowest BCUT2D eigenvalue weighted by Crippen LogP contribution is -2.29. The van der Waals surface area contributed by atoms with E-state index in [-0.39, 0.29) is 11.3 Å². The van der Waals surface area contributed by atoms with Crippen molar-refractivity contribution in [3.05, 3.63) is 89.0 Å². The topological polar surface area (TPSA) is 85.3 Å². The summed E-state index contributed by atoms with van der Waals surface area (Å²) in [4.78, 5) is 28.1. The summed E-state index contributed by atoms with van der Waals surface area (Å²) in [5.41, 5.74) is 2.41. The van der Waals surface area contributed by atoms with Gasteiger partial charge in [-0.05, 0) is 79.1 Å². The molecule has 1 atom stereocenters. The van der Waals surface area contributed by atoms with Gasteiger partial charge in [0, 0.05) is 11.3 Å². The van der Waals surface area contributed by atoms with Gasteiger partial charge < -0.3 is 19.3 Å². The number of ether oxygens (including phenoxy) is 3. The van der Waals surface area contributed by atoms with Gasteiger partial charge in [0.2, 0.25) is 0 Å². The van der Waals surface area contributed by atoms with Gasteiger partial charge in [0.15, 0.2) is 0 Å². The zero-order chi connectivity index (χ0) is 25.8. The number of carbonyl (C=O) groups excluding carboxylic acids is 2. The molecule has 0 spiro atoms. The lowest BCUT2D eigenvalue weighted by molar-refractivity contribution is -0.132. The molecule has 3 aromatic carbocycles. The molecule has 7 nitrogen and oxygen atoms in total. The maximum absolute atomic E-state index is 13.3. The number of amides is 1. The van der Waals surface area contributed by atoms with Gasteiger partial charge in [-0.1, -0.05) is 19.1 Å². The van der Waals surface area contributed by atoms with Crippen LogP contribution >= 0.6 is 0 Å². The van der Waals surface area contributed by atoms with Crippen LogP contribution in [0.3, 0.4) is 0 Å². The van der Waals surface area contributed by atoms with Crippen molar-refractivity contribution in [2.24, 2.45) is 0 Å². The number of aryl methyl sites for hydroxylation is 1. The molecular weight excluding hydrogens is 458 g/mol. The average molecular weight is 488 g/mol. The van der Waals surface area contributed by atoms with Crippen LogP contribution in [0.2, 0.25) is 0 Å². The number of methoxy groups -OCH3 is 2. The second-order valence-corrected chi connectivity index (χ2v) is 8.47. The zero-order valence-electron chi connectivity index (χ0n) is 20.8. The fourth-order valence-corrected chi connectivity index (χ4v) is 4.30. The van der Waals surface area contributed by atoms with E-state index in [1.165, 1.54) is 4.90 Å². The van der Waals surface area contributed by atoms with Crippen LogP contribution in [0.5, 0.6) is 17.2 Å². The van der Waals surface area contributed by atoms with Crippen molar-refractivity contribution in [2.75, 3.05) is 25.7 Å². The van der Waals surface area contributed by atoms with Crippen molar-refractivity contribution in [1.82, 2.24) is 0 Å². The number of nitrogens with zero attached hydrogens (tertiary/aromatic N) is 1. The van der Waals surface area contributed by atoms with E-state index in [0.29, 0.717) is 40.7 Å². The van der Waals surface area contributed by atoms with Gasteiger partial charge in [-0.25, -0.2) is 0 Å². The predicted molar refractivity (Wildman–Crippen MR) is 138 cm³/mol. The number of aliphatic hydroxyl groups excluding tert-OH is 1. The monoisotopic (exact) mass is 487 g/mol. The highest BCUT2D eigenvalue weighted by Gasteiger charge is 2.47. The molecule has 0 aromatic heterocycles. The number of aliphatic hydroxyl groups is 1. The third kappa shape index (κ3) is 4.64. The van der Waals surface area contributed by atoms with Crippen molar-refractivity contribution in [3.8, 4) is 17.2 Å².